The summed E-state index contributed by atoms with van der Waals surface area (Å²) in [5.41, 5.74) is 0. The summed E-state index contributed by atoms with van der Waals surface area (Å²) in [6, 6.07) is 0. The van der Waals surface area contributed by atoms with Gasteiger partial charge in [-0.3, -0.25) is 13.8 Å². The van der Waals surface area contributed by atoms with Crippen LogP contribution in [0.15, 0.2) is 24.3 Å². The summed E-state index contributed by atoms with van der Waals surface area (Å²) in [4.78, 5) is 23.0. The smallest absolute Gasteiger partial charge is 0.457 e. The van der Waals surface area contributed by atoms with E-state index in [0.29, 0.717) is 24.1 Å². The molecular weight excluding hydrogens is 782 g/mol. The molecule has 0 spiro atoms. The maximum atomic E-state index is 12.8. The van der Waals surface area contributed by atoms with Gasteiger partial charge in [0, 0.05) is 13.0 Å². The van der Waals surface area contributed by atoms with Crippen LogP contribution in [0.5, 0.6) is 0 Å². The predicted octanol–water partition coefficient (Wildman–Crippen LogP) is 16.0. The molecule has 0 radical (unpaired) electrons. The van der Waals surface area contributed by atoms with Gasteiger partial charge < -0.3 is 18.9 Å². The Labute approximate surface area is 379 Å². The number of hydrogen-bond donors (Lipinski definition) is 1. The van der Waals surface area contributed by atoms with E-state index in [1.807, 2.05) is 21.1 Å². The molecule has 0 amide bonds. The van der Waals surface area contributed by atoms with Crippen molar-refractivity contribution in [2.24, 2.45) is 0 Å². The summed E-state index contributed by atoms with van der Waals surface area (Å²) < 4.78 is 35.1. The summed E-state index contributed by atoms with van der Waals surface area (Å²) in [5, 5.41) is 0. The number of carbonyl (C=O) groups excluding carboxylic acids is 1. The second-order valence-electron chi connectivity index (χ2n) is 18.9. The first kappa shape index (κ1) is 60.0. The molecule has 0 aliphatic carbocycles. The monoisotopic (exact) mass is 885 g/mol. The van der Waals surface area contributed by atoms with Gasteiger partial charge >= 0.3 is 13.8 Å². The van der Waals surface area contributed by atoms with E-state index in [1.165, 1.54) is 193 Å². The Bertz CT molecular complexity index is 1030. The highest BCUT2D eigenvalue weighted by Crippen LogP contribution is 2.43. The SMILES string of the molecule is CCCCCC/C=C\CCCCCCCCOCC(COP(=O)(O)OCC[N+](C)(C)C)OC(=O)CCCCCCCCCCCCCCC/C=C\CCCCCCCCCC. The standard InChI is InChI=1S/C52H102NO7P/c1-6-8-10-12-14-16-18-20-22-23-24-25-26-27-28-29-30-31-32-33-35-37-39-41-43-45-52(54)60-51(50-59-61(55,56)58-48-46-53(3,4)5)49-57-47-44-42-40-38-36-34-21-19-17-15-13-11-9-7-2/h17,19,23-24,51H,6-16,18,20-22,25-50H2,1-5H3/p+1/b19-17-,24-23-. The minimum absolute atomic E-state index is 0.0893. The third-order valence-corrected chi connectivity index (χ3v) is 12.5. The lowest BCUT2D eigenvalue weighted by atomic mass is 10.0. The van der Waals surface area contributed by atoms with Gasteiger partial charge in [0.2, 0.25) is 0 Å². The number of nitrogens with zero attached hydrogens (tertiary/aromatic N) is 1. The molecule has 2 unspecified atom stereocenters. The minimum atomic E-state index is -4.28. The molecule has 0 aromatic carbocycles. The molecule has 61 heavy (non-hydrogen) atoms. The van der Waals surface area contributed by atoms with Crippen molar-refractivity contribution in [3.05, 3.63) is 24.3 Å². The second-order valence-corrected chi connectivity index (χ2v) is 20.4. The number of unbranched alkanes of at least 4 members (excludes halogenated alkanes) is 31. The normalized spacial score (nSPS) is 13.7. The average molecular weight is 885 g/mol. The van der Waals surface area contributed by atoms with Gasteiger partial charge in [0.15, 0.2) is 0 Å². The van der Waals surface area contributed by atoms with E-state index in [2.05, 4.69) is 38.2 Å². The molecule has 0 rings (SSSR count). The lowest BCUT2D eigenvalue weighted by molar-refractivity contribution is -0.870. The number of rotatable bonds is 49. The molecule has 8 nitrogen and oxygen atoms in total. The number of allylic oxidation sites excluding steroid dienone is 4. The van der Waals surface area contributed by atoms with Crippen LogP contribution in [0.25, 0.3) is 0 Å². The number of esters is 1. The van der Waals surface area contributed by atoms with Gasteiger partial charge in [-0.25, -0.2) is 4.57 Å². The molecule has 9 heteroatoms. The summed E-state index contributed by atoms with van der Waals surface area (Å²) in [6.45, 7) is 5.64. The van der Waals surface area contributed by atoms with Crippen LogP contribution >= 0.6 is 7.82 Å². The number of likely N-dealkylation sites (N-methyl/N-ethyl adjacent to an activating group) is 1. The van der Waals surface area contributed by atoms with Crippen LogP contribution in [-0.2, 0) is 27.9 Å². The van der Waals surface area contributed by atoms with E-state index in [0.717, 1.165) is 32.1 Å². The highest BCUT2D eigenvalue weighted by molar-refractivity contribution is 7.47. The van der Waals surface area contributed by atoms with Crippen LogP contribution in [0.1, 0.15) is 245 Å². The zero-order valence-corrected chi connectivity index (χ0v) is 42.1. The Morgan fingerprint density at radius 1 is 0.492 bits per heavy atom. The summed E-state index contributed by atoms with van der Waals surface area (Å²) in [6.07, 6.45) is 53.7. The third-order valence-electron chi connectivity index (χ3n) is 11.5. The Morgan fingerprint density at radius 2 is 0.852 bits per heavy atom. The zero-order valence-electron chi connectivity index (χ0n) is 41.2. The molecule has 0 aliphatic rings. The van der Waals surface area contributed by atoms with E-state index in [4.69, 9.17) is 18.5 Å². The van der Waals surface area contributed by atoms with E-state index in [9.17, 15) is 14.3 Å². The molecule has 0 bridgehead atoms. The van der Waals surface area contributed by atoms with Gasteiger partial charge in [-0.2, -0.15) is 0 Å². The zero-order chi connectivity index (χ0) is 44.8. The van der Waals surface area contributed by atoms with Gasteiger partial charge in [0.1, 0.15) is 19.3 Å². The number of ether oxygens (including phenoxy) is 2. The number of phosphoric acid groups is 1. The Hall–Kier alpha value is -1.02. The van der Waals surface area contributed by atoms with Crippen LogP contribution in [0.3, 0.4) is 0 Å². The van der Waals surface area contributed by atoms with Crippen LogP contribution in [0.4, 0.5) is 0 Å². The van der Waals surface area contributed by atoms with Crippen molar-refractivity contribution in [3.63, 3.8) is 0 Å². The van der Waals surface area contributed by atoms with Crippen molar-refractivity contribution in [2.75, 3.05) is 54.1 Å². The number of quaternary nitrogens is 1. The third kappa shape index (κ3) is 49.8. The fourth-order valence-corrected chi connectivity index (χ4v) is 8.17. The van der Waals surface area contributed by atoms with Crippen LogP contribution in [0, 0.1) is 0 Å². The maximum absolute atomic E-state index is 12.8. The van der Waals surface area contributed by atoms with Crippen LogP contribution < -0.4 is 0 Å². The lowest BCUT2D eigenvalue weighted by Gasteiger charge is -2.24. The molecule has 0 fully saturated rings. The highest BCUT2D eigenvalue weighted by Gasteiger charge is 2.26. The molecule has 1 N–H and O–H groups in total. The molecule has 0 saturated carbocycles. The Kier molecular flexibility index (Phi) is 44.8. The Morgan fingerprint density at radius 3 is 1.26 bits per heavy atom. The lowest BCUT2D eigenvalue weighted by Crippen LogP contribution is -2.37. The van der Waals surface area contributed by atoms with E-state index in [1.54, 1.807) is 0 Å². The van der Waals surface area contributed by atoms with Crippen molar-refractivity contribution in [1.82, 2.24) is 0 Å². The summed E-state index contributed by atoms with van der Waals surface area (Å²) in [5.74, 6) is -0.312. The quantitative estimate of drug-likeness (QED) is 0.0214. The van der Waals surface area contributed by atoms with Crippen LogP contribution in [-0.4, -0.2) is 75.6 Å². The Balaban J connectivity index is 4.05. The molecule has 0 heterocycles. The van der Waals surface area contributed by atoms with Gasteiger partial charge in [0.05, 0.1) is 34.4 Å². The van der Waals surface area contributed by atoms with Crippen molar-refractivity contribution in [3.8, 4) is 0 Å². The molecular formula is C52H103NO7P+. The van der Waals surface area contributed by atoms with Gasteiger partial charge in [-0.1, -0.05) is 199 Å². The molecule has 0 aromatic heterocycles. The topological polar surface area (TPSA) is 91.3 Å². The molecule has 0 aliphatic heterocycles. The van der Waals surface area contributed by atoms with E-state index < -0.39 is 13.9 Å². The van der Waals surface area contributed by atoms with Gasteiger partial charge in [-0.15, -0.1) is 0 Å². The largest absolute Gasteiger partial charge is 0.472 e. The van der Waals surface area contributed by atoms with Crippen molar-refractivity contribution in [1.29, 1.82) is 0 Å². The first-order valence-electron chi connectivity index (χ1n) is 26.1. The van der Waals surface area contributed by atoms with E-state index >= 15 is 0 Å². The fraction of sp³-hybridized carbons (Fsp3) is 0.904. The van der Waals surface area contributed by atoms with Gasteiger partial charge in [0.25, 0.3) is 0 Å². The van der Waals surface area contributed by atoms with E-state index in [-0.39, 0.29) is 25.8 Å². The first-order valence-corrected chi connectivity index (χ1v) is 27.6. The van der Waals surface area contributed by atoms with Crippen molar-refractivity contribution in [2.45, 2.75) is 251 Å². The maximum Gasteiger partial charge on any atom is 0.472 e. The minimum Gasteiger partial charge on any atom is -0.457 e. The first-order chi connectivity index (χ1) is 29.6. The van der Waals surface area contributed by atoms with Crippen molar-refractivity contribution >= 4 is 13.8 Å². The average Bonchev–Trinajstić information content (AvgIpc) is 3.22. The number of carbonyl (C=O) groups is 1. The second kappa shape index (κ2) is 45.5. The van der Waals surface area contributed by atoms with Crippen molar-refractivity contribution < 1.29 is 37.3 Å². The summed E-state index contributed by atoms with van der Waals surface area (Å²) >= 11 is 0. The summed E-state index contributed by atoms with van der Waals surface area (Å²) in [7, 11) is 1.67. The predicted molar refractivity (Wildman–Crippen MR) is 261 cm³/mol. The fourth-order valence-electron chi connectivity index (χ4n) is 7.43. The molecule has 0 aromatic rings. The number of hydrogen-bond acceptors (Lipinski definition) is 6. The molecule has 362 valence electrons. The molecule has 0 saturated heterocycles. The highest BCUT2D eigenvalue weighted by atomic mass is 31.2. The van der Waals surface area contributed by atoms with Gasteiger partial charge in [-0.05, 0) is 64.2 Å². The number of phosphoric ester groups is 1. The van der Waals surface area contributed by atoms with Crippen LogP contribution in [0.2, 0.25) is 0 Å². The molecule has 2 atom stereocenters.